The summed E-state index contributed by atoms with van der Waals surface area (Å²) in [5, 5.41) is 0.710. The van der Waals surface area contributed by atoms with Gasteiger partial charge in [0.2, 0.25) is 0 Å². The van der Waals surface area contributed by atoms with E-state index >= 15 is 0 Å². The Labute approximate surface area is 183 Å². The molecule has 30 heavy (non-hydrogen) atoms. The molecular weight excluding hydrogens is 429 g/mol. The van der Waals surface area contributed by atoms with Crippen molar-refractivity contribution in [2.24, 2.45) is 0 Å². The van der Waals surface area contributed by atoms with Crippen LogP contribution in [0.2, 0.25) is 10.0 Å². The smallest absolute Gasteiger partial charge is 0.340 e. The van der Waals surface area contributed by atoms with E-state index in [0.29, 0.717) is 32.6 Å². The molecule has 0 radical (unpaired) electrons. The van der Waals surface area contributed by atoms with Gasteiger partial charge in [0.1, 0.15) is 0 Å². The average molecular weight is 446 g/mol. The van der Waals surface area contributed by atoms with Gasteiger partial charge in [-0.05, 0) is 48.9 Å². The van der Waals surface area contributed by atoms with E-state index in [4.69, 9.17) is 27.9 Å². The molecule has 0 unspecified atom stereocenters. The zero-order valence-electron chi connectivity index (χ0n) is 16.4. The second-order valence-corrected chi connectivity index (χ2v) is 7.26. The van der Waals surface area contributed by atoms with Crippen LogP contribution in [0.1, 0.15) is 22.8 Å². The number of esters is 2. The maximum absolute atomic E-state index is 13.2. The summed E-state index contributed by atoms with van der Waals surface area (Å²) in [5.41, 5.74) is 2.10. The molecule has 154 valence electrons. The number of carbonyl (C=O) groups is 3. The first-order valence-corrected chi connectivity index (χ1v) is 9.52. The van der Waals surface area contributed by atoms with Crippen LogP contribution < -0.4 is 4.90 Å². The Morgan fingerprint density at radius 2 is 1.50 bits per heavy atom. The van der Waals surface area contributed by atoms with E-state index in [1.807, 2.05) is 0 Å². The molecule has 0 aliphatic carbocycles. The van der Waals surface area contributed by atoms with Gasteiger partial charge in [-0.25, -0.2) is 9.59 Å². The highest BCUT2D eigenvalue weighted by Gasteiger charge is 2.38. The number of rotatable bonds is 4. The number of benzene rings is 2. The van der Waals surface area contributed by atoms with Gasteiger partial charge < -0.3 is 9.47 Å². The number of carbonyl (C=O) groups excluding carboxylic acids is 3. The molecule has 0 atom stereocenters. The fourth-order valence-electron chi connectivity index (χ4n) is 3.16. The third kappa shape index (κ3) is 4.10. The monoisotopic (exact) mass is 445 g/mol. The van der Waals surface area contributed by atoms with Crippen LogP contribution in [-0.2, 0) is 19.1 Å². The minimum atomic E-state index is -0.645. The Bertz CT molecular complexity index is 1080. The zero-order valence-corrected chi connectivity index (χ0v) is 17.9. The molecule has 0 N–H and O–H groups in total. The van der Waals surface area contributed by atoms with Gasteiger partial charge in [-0.1, -0.05) is 35.3 Å². The lowest BCUT2D eigenvalue weighted by Gasteiger charge is -2.18. The highest BCUT2D eigenvalue weighted by Crippen LogP contribution is 2.37. The van der Waals surface area contributed by atoms with E-state index in [2.05, 4.69) is 4.74 Å². The molecule has 0 spiro atoms. The fourth-order valence-corrected chi connectivity index (χ4v) is 3.67. The number of amides is 1. The van der Waals surface area contributed by atoms with Crippen LogP contribution in [0.5, 0.6) is 0 Å². The summed E-state index contributed by atoms with van der Waals surface area (Å²) < 4.78 is 9.57. The fraction of sp³-hybridized carbons (Fsp3) is 0.136. The Hall–Kier alpha value is -3.09. The zero-order chi connectivity index (χ0) is 22.0. The van der Waals surface area contributed by atoms with Crippen LogP contribution in [0, 0.1) is 0 Å². The van der Waals surface area contributed by atoms with Crippen LogP contribution in [0.4, 0.5) is 5.69 Å². The van der Waals surface area contributed by atoms with Gasteiger partial charge in [0.15, 0.2) is 0 Å². The van der Waals surface area contributed by atoms with Gasteiger partial charge in [0, 0.05) is 15.7 Å². The summed E-state index contributed by atoms with van der Waals surface area (Å²) in [6, 6.07) is 11.1. The van der Waals surface area contributed by atoms with Crippen LogP contribution >= 0.6 is 23.2 Å². The normalized spacial score (nSPS) is 15.0. The van der Waals surface area contributed by atoms with E-state index in [1.54, 1.807) is 55.5 Å². The molecule has 0 fully saturated rings. The topological polar surface area (TPSA) is 72.9 Å². The number of allylic oxidation sites excluding steroid dienone is 1. The molecule has 8 heteroatoms. The third-order valence-electron chi connectivity index (χ3n) is 4.54. The molecule has 0 bridgehead atoms. The molecule has 0 aromatic heterocycles. The number of halogens is 2. The minimum Gasteiger partial charge on any atom is -0.465 e. The molecule has 6 nitrogen and oxygen atoms in total. The number of ether oxygens (including phenoxy) is 2. The number of anilines is 1. The van der Waals surface area contributed by atoms with E-state index in [1.165, 1.54) is 19.1 Å². The number of hydrogen-bond acceptors (Lipinski definition) is 5. The molecule has 2 aromatic carbocycles. The summed E-state index contributed by atoms with van der Waals surface area (Å²) in [5.74, 6) is -1.54. The average Bonchev–Trinajstić information content (AvgIpc) is 2.96. The van der Waals surface area contributed by atoms with Crippen molar-refractivity contribution in [1.82, 2.24) is 0 Å². The van der Waals surface area contributed by atoms with Crippen molar-refractivity contribution in [3.05, 3.63) is 80.5 Å². The molecule has 1 aliphatic heterocycles. The van der Waals surface area contributed by atoms with Crippen molar-refractivity contribution < 1.29 is 23.9 Å². The van der Waals surface area contributed by atoms with Crippen LogP contribution in [0.15, 0.2) is 59.3 Å². The summed E-state index contributed by atoms with van der Waals surface area (Å²) >= 11 is 12.2. The number of hydrogen-bond donors (Lipinski definition) is 0. The number of methoxy groups -OCH3 is 2. The van der Waals surface area contributed by atoms with Gasteiger partial charge in [0.25, 0.3) is 5.91 Å². The largest absolute Gasteiger partial charge is 0.465 e. The van der Waals surface area contributed by atoms with Crippen LogP contribution in [0.3, 0.4) is 0 Å². The summed E-state index contributed by atoms with van der Waals surface area (Å²) in [6.07, 6.45) is 1.56. The molecular formula is C22H17Cl2NO5. The molecule has 0 saturated carbocycles. The van der Waals surface area contributed by atoms with E-state index in [9.17, 15) is 14.4 Å². The lowest BCUT2D eigenvalue weighted by Crippen LogP contribution is -2.24. The van der Waals surface area contributed by atoms with Crippen molar-refractivity contribution in [3.8, 4) is 0 Å². The summed E-state index contributed by atoms with van der Waals surface area (Å²) in [4.78, 5) is 38.7. The lowest BCUT2D eigenvalue weighted by atomic mass is 10.0. The summed E-state index contributed by atoms with van der Waals surface area (Å²) in [6.45, 7) is 1.64. The maximum atomic E-state index is 13.2. The van der Waals surface area contributed by atoms with Crippen molar-refractivity contribution in [3.63, 3.8) is 0 Å². The molecule has 0 saturated heterocycles. The van der Waals surface area contributed by atoms with E-state index in [0.717, 1.165) is 0 Å². The first-order chi connectivity index (χ1) is 14.3. The highest BCUT2D eigenvalue weighted by molar-refractivity contribution is 6.35. The van der Waals surface area contributed by atoms with Gasteiger partial charge in [-0.2, -0.15) is 0 Å². The highest BCUT2D eigenvalue weighted by atomic mass is 35.5. The Morgan fingerprint density at radius 1 is 0.933 bits per heavy atom. The SMILES string of the molecule is COC(=O)C1=C(C)N(c2cc(Cl)cc(Cl)c2)C(=O)/C1=C\c1ccc(C(=O)OC)cc1. The second-order valence-electron chi connectivity index (χ2n) is 6.39. The van der Waals surface area contributed by atoms with Crippen LogP contribution in [0.25, 0.3) is 6.08 Å². The Balaban J connectivity index is 2.09. The second kappa shape index (κ2) is 8.73. The lowest BCUT2D eigenvalue weighted by molar-refractivity contribution is -0.136. The van der Waals surface area contributed by atoms with Crippen molar-refractivity contribution >= 4 is 52.8 Å². The van der Waals surface area contributed by atoms with Crippen molar-refractivity contribution in [2.45, 2.75) is 6.92 Å². The molecule has 1 heterocycles. The minimum absolute atomic E-state index is 0.135. The van der Waals surface area contributed by atoms with Gasteiger partial charge >= 0.3 is 11.9 Å². The van der Waals surface area contributed by atoms with Crippen LogP contribution in [-0.4, -0.2) is 32.1 Å². The van der Waals surface area contributed by atoms with Crippen molar-refractivity contribution in [2.75, 3.05) is 19.1 Å². The van der Waals surface area contributed by atoms with E-state index in [-0.39, 0.29) is 11.1 Å². The third-order valence-corrected chi connectivity index (χ3v) is 4.97. The Morgan fingerprint density at radius 3 is 2.03 bits per heavy atom. The quantitative estimate of drug-likeness (QED) is 0.505. The van der Waals surface area contributed by atoms with Gasteiger partial charge in [-0.3, -0.25) is 9.69 Å². The first-order valence-electron chi connectivity index (χ1n) is 8.77. The predicted octanol–water partition coefficient (Wildman–Crippen LogP) is 4.66. The molecule has 1 aliphatic rings. The number of nitrogens with zero attached hydrogens (tertiary/aromatic N) is 1. The van der Waals surface area contributed by atoms with E-state index < -0.39 is 17.8 Å². The maximum Gasteiger partial charge on any atom is 0.340 e. The standard InChI is InChI=1S/C22H17Cl2NO5/c1-12-19(22(28)30-3)18(8-13-4-6-14(7-5-13)21(27)29-2)20(26)25(12)17-10-15(23)9-16(24)11-17/h4-11H,1-3H3/b18-8-. The summed E-state index contributed by atoms with van der Waals surface area (Å²) in [7, 11) is 2.54. The molecule has 2 aromatic rings. The first kappa shape index (κ1) is 21.6. The molecule has 3 rings (SSSR count). The van der Waals surface area contributed by atoms with Gasteiger partial charge in [0.05, 0.1) is 36.6 Å². The Kier molecular flexibility index (Phi) is 6.29. The van der Waals surface area contributed by atoms with Gasteiger partial charge in [-0.15, -0.1) is 0 Å². The predicted molar refractivity (Wildman–Crippen MR) is 114 cm³/mol. The van der Waals surface area contributed by atoms with Crippen molar-refractivity contribution in [1.29, 1.82) is 0 Å². The molecule has 1 amide bonds.